The minimum Gasteiger partial charge on any atom is -0.481 e. The molecular weight excluding hydrogens is 1070 g/mol. The zero-order valence-electron chi connectivity index (χ0n) is 41.3. The van der Waals surface area contributed by atoms with Crippen molar-refractivity contribution in [2.24, 2.45) is 23.3 Å². The highest BCUT2D eigenvalue weighted by molar-refractivity contribution is 8.68. The van der Waals surface area contributed by atoms with Gasteiger partial charge in [-0.2, -0.15) is 0 Å². The lowest BCUT2D eigenvalue weighted by atomic mass is 9.93. The number of ketones is 3. The lowest BCUT2D eigenvalue weighted by molar-refractivity contribution is -0.139. The van der Waals surface area contributed by atoms with Crippen LogP contribution in [0, 0.1) is 11.8 Å². The summed E-state index contributed by atoms with van der Waals surface area (Å²) in [6.45, 7) is 18.9. The second-order valence-corrected chi connectivity index (χ2v) is 30.2. The fraction of sp³-hybridized carbons (Fsp3) is 0.744. The van der Waals surface area contributed by atoms with Crippen molar-refractivity contribution in [2.45, 2.75) is 194 Å². The maximum atomic E-state index is 12.5. The third kappa shape index (κ3) is 54.6. The highest BCUT2D eigenvalue weighted by Gasteiger charge is 2.26. The number of rotatable bonds is 28. The molecular formula is C43H74N4O13S9. The monoisotopic (exact) mass is 1140 g/mol. The number of carboxylic acid groups (broad SMARTS) is 2. The van der Waals surface area contributed by atoms with Crippen LogP contribution in [0.1, 0.15) is 172 Å². The molecule has 0 aliphatic carbocycles. The Morgan fingerprint density at radius 1 is 0.536 bits per heavy atom. The van der Waals surface area contributed by atoms with Crippen molar-refractivity contribution in [3.63, 3.8) is 0 Å². The summed E-state index contributed by atoms with van der Waals surface area (Å²) >= 11 is 11.4. The van der Waals surface area contributed by atoms with Crippen LogP contribution in [-0.4, -0.2) is 94.9 Å². The molecule has 0 aromatic rings. The fourth-order valence-corrected chi connectivity index (χ4v) is 15.2. The van der Waals surface area contributed by atoms with Gasteiger partial charge >= 0.3 is 11.9 Å². The van der Waals surface area contributed by atoms with Crippen LogP contribution in [-0.2, 0) is 120 Å². The van der Waals surface area contributed by atoms with Crippen molar-refractivity contribution >= 4 is 153 Å². The second-order valence-electron chi connectivity index (χ2n) is 17.6. The molecule has 0 fully saturated rings. The molecule has 0 radical (unpaired) electrons. The first-order chi connectivity index (χ1) is 31.8. The first kappa shape index (κ1) is 72.9. The molecule has 0 spiro atoms. The topological polar surface area (TPSA) is 304 Å². The molecule has 69 heavy (non-hydrogen) atoms. The predicted molar refractivity (Wildman–Crippen MR) is 292 cm³/mol. The van der Waals surface area contributed by atoms with Crippen molar-refractivity contribution in [1.29, 1.82) is 0 Å². The summed E-state index contributed by atoms with van der Waals surface area (Å²) in [6.07, 6.45) is 4.02. The molecule has 0 heterocycles. The van der Waals surface area contributed by atoms with E-state index in [0.29, 0.717) is 38.5 Å². The van der Waals surface area contributed by atoms with Gasteiger partial charge in [-0.25, -0.2) is 0 Å². The summed E-state index contributed by atoms with van der Waals surface area (Å²) < 4.78 is -0.416. The number of carboxylic acids is 2. The Labute approximate surface area is 440 Å². The molecule has 17 nitrogen and oxygen atoms in total. The number of Topliss-reactive ketones (excluding diaryl/α,β-unsaturated/α-hetero) is 3. The highest BCUT2D eigenvalue weighted by Crippen LogP contribution is 2.26. The number of amides is 4. The van der Waals surface area contributed by atoms with Gasteiger partial charge in [0.15, 0.2) is 16.7 Å². The number of aliphatic carboxylic acids is 2. The molecule has 0 aromatic heterocycles. The molecule has 26 heteroatoms. The molecule has 0 saturated heterocycles. The van der Waals surface area contributed by atoms with E-state index in [1.54, 1.807) is 33.6 Å². The molecule has 0 rings (SSSR count). The average molecular weight is 1140 g/mol. The van der Waals surface area contributed by atoms with E-state index >= 15 is 0 Å². The molecule has 4 atom stereocenters. The largest absolute Gasteiger partial charge is 0.481 e. The van der Waals surface area contributed by atoms with Crippen LogP contribution in [0.3, 0.4) is 0 Å². The Kier molecular flexibility index (Phi) is 45.5. The molecule has 0 bridgehead atoms. The van der Waals surface area contributed by atoms with E-state index in [1.165, 1.54) is 17.8 Å². The third-order valence-corrected chi connectivity index (χ3v) is 19.1. The minimum atomic E-state index is -1.06. The van der Waals surface area contributed by atoms with Gasteiger partial charge in [0.1, 0.15) is 12.2 Å². The lowest BCUT2D eigenvalue weighted by Crippen LogP contribution is -2.43. The van der Waals surface area contributed by atoms with Crippen LogP contribution in [0.25, 0.3) is 0 Å². The fourth-order valence-electron chi connectivity index (χ4n) is 5.22. The normalized spacial score (nSPS) is 12.3. The smallest absolute Gasteiger partial charge is 0.311 e. The summed E-state index contributed by atoms with van der Waals surface area (Å²) in [4.78, 5) is 126. The SMILES string of the molecule is CC(C)(C)SC(=O)CC(=O)O.CCCCC(=O)N[C@H](CC(N)=O)C(=O)C[C@@H](C)CCC(=O)CC(=O)SC(C)(C)C.CCCCC(=O)N[C@H](CC(N)=O)C(=O)C[C@@H](C)CCC(=O)O.S=S=S=S=S=S=S. The van der Waals surface area contributed by atoms with Gasteiger partial charge < -0.3 is 32.3 Å². The van der Waals surface area contributed by atoms with Gasteiger partial charge in [-0.15, -0.1) is 0 Å². The Bertz CT molecular complexity index is 1910. The standard InChI is InChI=1S/C21H36N2O5S.C15H26N2O5.C7H12O3S.S7/c1-6-7-8-19(27)23-16(13-18(22)26)17(25)11-14(2)9-10-15(24)12-20(28)29-21(3,4)5;1-3-4-5-14(20)17-11(9-13(16)19)12(18)8-10(2)6-7-15(21)22;1-7(2,3)11-6(10)4-5(8)9;1-3-5-7-6-4-2/h14,16H,6-13H2,1-5H3,(H2,22,26)(H,23,27);10-11H,3-9H2,1-2H3,(H2,16,19)(H,17,20)(H,21,22);4H2,1-3H3,(H,8,9);/t14-,16+;10-,11+;;/m00../s1. The predicted octanol–water partition coefficient (Wildman–Crippen LogP) is 5.43. The summed E-state index contributed by atoms with van der Waals surface area (Å²) in [5, 5.41) is 21.6. The number of primary amides is 2. The van der Waals surface area contributed by atoms with Gasteiger partial charge in [-0.3, -0.25) is 52.7 Å². The molecule has 0 aromatic carbocycles. The maximum Gasteiger partial charge on any atom is 0.311 e. The van der Waals surface area contributed by atoms with Gasteiger partial charge in [0.2, 0.25) is 28.7 Å². The van der Waals surface area contributed by atoms with Gasteiger partial charge in [-0.1, -0.05) is 106 Å². The van der Waals surface area contributed by atoms with Crippen molar-refractivity contribution < 1.29 is 63.0 Å². The molecule has 0 aliphatic rings. The Hall–Kier alpha value is -2.59. The Morgan fingerprint density at radius 3 is 1.20 bits per heavy atom. The van der Waals surface area contributed by atoms with Crippen LogP contribution < -0.4 is 22.1 Å². The van der Waals surface area contributed by atoms with E-state index in [9.17, 15) is 52.7 Å². The number of nitrogens with two attached hydrogens (primary N) is 2. The lowest BCUT2D eigenvalue weighted by Gasteiger charge is -2.19. The molecule has 4 amide bonds. The van der Waals surface area contributed by atoms with Crippen LogP contribution in [0.15, 0.2) is 0 Å². The molecule has 0 aliphatic heterocycles. The zero-order valence-corrected chi connectivity index (χ0v) is 48.7. The number of unbranched alkanes of at least 4 members (excludes halogenated alkanes) is 2. The average Bonchev–Trinajstić information content (AvgIpc) is 3.19. The zero-order chi connectivity index (χ0) is 54.3. The van der Waals surface area contributed by atoms with Crippen molar-refractivity contribution in [3.8, 4) is 0 Å². The number of carbonyl (C=O) groups is 11. The summed E-state index contributed by atoms with van der Waals surface area (Å²) in [6, 6.07) is -1.85. The molecule has 0 saturated carbocycles. The first-order valence-corrected chi connectivity index (χ1v) is 31.6. The van der Waals surface area contributed by atoms with Crippen LogP contribution in [0.2, 0.25) is 0 Å². The third-order valence-electron chi connectivity index (χ3n) is 8.23. The van der Waals surface area contributed by atoms with E-state index in [2.05, 4.69) is 33.0 Å². The van der Waals surface area contributed by atoms with Gasteiger partial charge in [0.05, 0.1) is 31.3 Å². The number of carbonyl (C=O) groups excluding carboxylic acids is 9. The molecule has 398 valence electrons. The summed E-state index contributed by atoms with van der Waals surface area (Å²) in [5.41, 5.74) is 10.3. The maximum absolute atomic E-state index is 12.5. The summed E-state index contributed by atoms with van der Waals surface area (Å²) in [7, 11) is 7.36. The van der Waals surface area contributed by atoms with E-state index in [4.69, 9.17) is 21.7 Å². The Balaban J connectivity index is -0.000000460. The van der Waals surface area contributed by atoms with Gasteiger partial charge in [0.25, 0.3) is 0 Å². The molecule has 0 unspecified atom stereocenters. The van der Waals surface area contributed by atoms with Crippen LogP contribution in [0.4, 0.5) is 0 Å². The quantitative estimate of drug-likeness (QED) is 0.0532. The van der Waals surface area contributed by atoms with Gasteiger partial charge in [-0.05, 0) is 37.5 Å². The Morgan fingerprint density at radius 2 is 0.899 bits per heavy atom. The van der Waals surface area contributed by atoms with Crippen LogP contribution >= 0.6 is 23.5 Å². The minimum absolute atomic E-state index is 0.0161. The van der Waals surface area contributed by atoms with E-state index in [1.807, 2.05) is 62.3 Å². The first-order valence-electron chi connectivity index (χ1n) is 22.0. The van der Waals surface area contributed by atoms with E-state index in [0.717, 1.165) is 36.4 Å². The van der Waals surface area contributed by atoms with Crippen molar-refractivity contribution in [1.82, 2.24) is 10.6 Å². The summed E-state index contributed by atoms with van der Waals surface area (Å²) in [5.74, 6) is -4.80. The van der Waals surface area contributed by atoms with Crippen molar-refractivity contribution in [2.75, 3.05) is 0 Å². The van der Waals surface area contributed by atoms with Gasteiger partial charge in [0, 0.05) is 115 Å². The highest BCUT2D eigenvalue weighted by atomic mass is 33.4. The number of hydrogen-bond donors (Lipinski definition) is 6. The molecule has 8 N–H and O–H groups in total. The number of nitrogens with one attached hydrogen (secondary N) is 2. The second kappa shape index (κ2) is 43.0. The van der Waals surface area contributed by atoms with Crippen molar-refractivity contribution in [3.05, 3.63) is 0 Å². The van der Waals surface area contributed by atoms with Crippen LogP contribution in [0.5, 0.6) is 0 Å². The van der Waals surface area contributed by atoms with E-state index < -0.39 is 35.8 Å². The number of thioether (sulfide) groups is 2. The number of hydrogen-bond acceptors (Lipinski definition) is 15. The van der Waals surface area contributed by atoms with E-state index in [-0.39, 0.29) is 112 Å².